The molecule has 0 bridgehead atoms. The van der Waals surface area contributed by atoms with Gasteiger partial charge in [-0.25, -0.2) is 8.78 Å². The Bertz CT molecular complexity index is 449. The molecule has 1 atom stereocenters. The molecule has 1 aromatic carbocycles. The van der Waals surface area contributed by atoms with Gasteiger partial charge < -0.3 is 5.32 Å². The number of benzene rings is 1. The molecule has 5 heteroatoms. The van der Waals surface area contributed by atoms with E-state index in [1.165, 1.54) is 18.2 Å². The molecule has 1 heterocycles. The summed E-state index contributed by atoms with van der Waals surface area (Å²) in [5, 5.41) is 3.20. The zero-order valence-corrected chi connectivity index (χ0v) is 13.4. The van der Waals surface area contributed by atoms with E-state index >= 15 is 0 Å². The summed E-state index contributed by atoms with van der Waals surface area (Å²) in [6.45, 7) is 5.33. The smallest absolute Gasteiger partial charge is 0.145 e. The Kier molecular flexibility index (Phi) is 4.43. The largest absolute Gasteiger partial charge is 0.385 e. The fraction of sp³-hybridized carbons (Fsp3) is 0.538. The Morgan fingerprint density at radius 2 is 2.06 bits per heavy atom. The maximum absolute atomic E-state index is 14.1. The summed E-state index contributed by atoms with van der Waals surface area (Å²) in [6.07, 6.45) is 0.756. The molecule has 0 spiro atoms. The first-order chi connectivity index (χ1) is 8.58. The summed E-state index contributed by atoms with van der Waals surface area (Å²) in [4.78, 5) is 0. The number of anilines is 1. The van der Waals surface area contributed by atoms with Crippen LogP contribution < -0.4 is 5.32 Å². The van der Waals surface area contributed by atoms with E-state index < -0.39 is 20.4 Å². The van der Waals surface area contributed by atoms with Crippen molar-refractivity contribution in [2.24, 2.45) is 0 Å². The lowest BCUT2D eigenvalue weighted by atomic mass is 10.0. The van der Waals surface area contributed by atoms with Crippen LogP contribution in [0.1, 0.15) is 19.4 Å². The van der Waals surface area contributed by atoms with Crippen molar-refractivity contribution in [3.8, 4) is 0 Å². The second-order valence-electron chi connectivity index (χ2n) is 4.93. The summed E-state index contributed by atoms with van der Waals surface area (Å²) in [6, 6.07) is 3.87. The third-order valence-electron chi connectivity index (χ3n) is 4.00. The van der Waals surface area contributed by atoms with Crippen molar-refractivity contribution in [1.29, 1.82) is 0 Å². The van der Waals surface area contributed by atoms with Gasteiger partial charge in [-0.3, -0.25) is 0 Å². The van der Waals surface area contributed by atoms with Crippen LogP contribution in [-0.2, 0) is 6.42 Å². The fourth-order valence-electron chi connectivity index (χ4n) is 2.85. The standard InChI is InChI=1S/C13H18BrF2NSi/c1-3-18(4-2)8-5-9-11(17-7-8)6-10(15)12(14)13(9)16/h6,8,17-18H,3-5,7H2,1-2H3/t8-/m1/s1. The Morgan fingerprint density at radius 1 is 1.39 bits per heavy atom. The van der Waals surface area contributed by atoms with Crippen LogP contribution in [0.2, 0.25) is 17.6 Å². The molecule has 2 rings (SSSR count). The van der Waals surface area contributed by atoms with Gasteiger partial charge in [0.25, 0.3) is 0 Å². The van der Waals surface area contributed by atoms with Gasteiger partial charge in [0, 0.05) is 26.6 Å². The predicted molar refractivity (Wildman–Crippen MR) is 78.1 cm³/mol. The summed E-state index contributed by atoms with van der Waals surface area (Å²) < 4.78 is 27.5. The molecule has 0 fully saturated rings. The van der Waals surface area contributed by atoms with E-state index in [4.69, 9.17) is 0 Å². The molecule has 0 aromatic heterocycles. The van der Waals surface area contributed by atoms with Crippen LogP contribution in [-0.4, -0.2) is 15.3 Å². The summed E-state index contributed by atoms with van der Waals surface area (Å²) in [5.74, 6) is -0.959. The maximum atomic E-state index is 14.1. The highest BCUT2D eigenvalue weighted by atomic mass is 79.9. The Balaban J connectivity index is 2.31. The third-order valence-corrected chi connectivity index (χ3v) is 8.63. The van der Waals surface area contributed by atoms with E-state index in [1.807, 2.05) is 0 Å². The minimum absolute atomic E-state index is 0.0325. The van der Waals surface area contributed by atoms with Crippen molar-refractivity contribution in [3.63, 3.8) is 0 Å². The highest BCUT2D eigenvalue weighted by molar-refractivity contribution is 9.10. The normalized spacial score (nSPS) is 18.7. The number of fused-ring (bicyclic) bond motifs is 1. The lowest BCUT2D eigenvalue weighted by molar-refractivity contribution is 0.555. The molecule has 0 saturated carbocycles. The average Bonchev–Trinajstić information content (AvgIpc) is 2.38. The first kappa shape index (κ1) is 14.0. The minimum Gasteiger partial charge on any atom is -0.385 e. The van der Waals surface area contributed by atoms with E-state index in [0.717, 1.165) is 13.0 Å². The number of halogens is 3. The van der Waals surface area contributed by atoms with Gasteiger partial charge in [-0.1, -0.05) is 25.9 Å². The van der Waals surface area contributed by atoms with E-state index in [-0.39, 0.29) is 4.47 Å². The van der Waals surface area contributed by atoms with Crippen molar-refractivity contribution in [3.05, 3.63) is 27.7 Å². The Labute approximate surface area is 117 Å². The SMILES string of the molecule is CC[SiH](CC)[C@H]1CNc2cc(F)c(Br)c(F)c2C1. The predicted octanol–water partition coefficient (Wildman–Crippen LogP) is 4.33. The van der Waals surface area contributed by atoms with Gasteiger partial charge in [0.05, 0.1) is 4.47 Å². The number of hydrogen-bond donors (Lipinski definition) is 1. The molecule has 0 unspecified atom stereocenters. The molecule has 1 N–H and O–H groups in total. The van der Waals surface area contributed by atoms with Crippen LogP contribution in [0.5, 0.6) is 0 Å². The molecule has 1 aliphatic rings. The van der Waals surface area contributed by atoms with E-state index in [0.29, 0.717) is 16.8 Å². The molecule has 1 aromatic rings. The molecule has 0 aliphatic carbocycles. The molecule has 0 radical (unpaired) electrons. The molecular weight excluding hydrogens is 316 g/mol. The van der Waals surface area contributed by atoms with Gasteiger partial charge >= 0.3 is 0 Å². The third kappa shape index (κ3) is 2.47. The Hall–Kier alpha value is -0.423. The van der Waals surface area contributed by atoms with Gasteiger partial charge in [0.15, 0.2) is 0 Å². The molecular formula is C13H18BrF2NSi. The molecule has 18 heavy (non-hydrogen) atoms. The second-order valence-corrected chi connectivity index (χ2v) is 9.82. The van der Waals surface area contributed by atoms with E-state index in [2.05, 4.69) is 35.1 Å². The molecule has 1 nitrogen and oxygen atoms in total. The van der Waals surface area contributed by atoms with Gasteiger partial charge in [-0.2, -0.15) is 0 Å². The van der Waals surface area contributed by atoms with E-state index in [1.54, 1.807) is 0 Å². The summed E-state index contributed by atoms with van der Waals surface area (Å²) in [7, 11) is -0.819. The fourth-order valence-corrected chi connectivity index (χ4v) is 6.14. The van der Waals surface area contributed by atoms with Gasteiger partial charge in [-0.05, 0) is 34.0 Å². The van der Waals surface area contributed by atoms with Crippen LogP contribution in [0.25, 0.3) is 0 Å². The van der Waals surface area contributed by atoms with Gasteiger partial charge in [0.2, 0.25) is 0 Å². The summed E-state index contributed by atoms with van der Waals surface area (Å²) in [5.41, 5.74) is 1.85. The lowest BCUT2D eigenvalue weighted by Crippen LogP contribution is -2.31. The lowest BCUT2D eigenvalue weighted by Gasteiger charge is -2.31. The first-order valence-corrected chi connectivity index (χ1v) is 9.57. The van der Waals surface area contributed by atoms with Crippen LogP contribution in [0.15, 0.2) is 10.5 Å². The molecule has 0 amide bonds. The highest BCUT2D eigenvalue weighted by Gasteiger charge is 2.28. The van der Waals surface area contributed by atoms with Crippen molar-refractivity contribution in [2.45, 2.75) is 37.9 Å². The molecule has 100 valence electrons. The first-order valence-electron chi connectivity index (χ1n) is 6.48. The highest BCUT2D eigenvalue weighted by Crippen LogP contribution is 2.36. The number of hydrogen-bond acceptors (Lipinski definition) is 1. The number of rotatable bonds is 3. The van der Waals surface area contributed by atoms with Gasteiger partial charge in [0.1, 0.15) is 11.6 Å². The summed E-state index contributed by atoms with van der Waals surface area (Å²) >= 11 is 2.98. The maximum Gasteiger partial charge on any atom is 0.145 e. The van der Waals surface area contributed by atoms with Crippen molar-refractivity contribution in [1.82, 2.24) is 0 Å². The van der Waals surface area contributed by atoms with Crippen LogP contribution in [0.3, 0.4) is 0 Å². The average molecular weight is 334 g/mol. The number of nitrogens with one attached hydrogen (secondary N) is 1. The second kappa shape index (κ2) is 5.69. The minimum atomic E-state index is -0.819. The topological polar surface area (TPSA) is 12.0 Å². The van der Waals surface area contributed by atoms with Crippen molar-refractivity contribution >= 4 is 30.4 Å². The Morgan fingerprint density at radius 3 is 2.67 bits per heavy atom. The van der Waals surface area contributed by atoms with E-state index in [9.17, 15) is 8.78 Å². The van der Waals surface area contributed by atoms with Gasteiger partial charge in [-0.15, -0.1) is 0 Å². The van der Waals surface area contributed by atoms with Crippen molar-refractivity contribution < 1.29 is 8.78 Å². The van der Waals surface area contributed by atoms with Crippen LogP contribution in [0, 0.1) is 11.6 Å². The molecule has 0 saturated heterocycles. The monoisotopic (exact) mass is 333 g/mol. The quantitative estimate of drug-likeness (QED) is 0.641. The zero-order valence-electron chi connectivity index (χ0n) is 10.7. The van der Waals surface area contributed by atoms with Crippen LogP contribution >= 0.6 is 15.9 Å². The van der Waals surface area contributed by atoms with Crippen LogP contribution in [0.4, 0.5) is 14.5 Å². The van der Waals surface area contributed by atoms with Crippen molar-refractivity contribution in [2.75, 3.05) is 11.9 Å². The zero-order chi connectivity index (χ0) is 13.3. The molecule has 1 aliphatic heterocycles.